The smallest absolute Gasteiger partial charge is 0.258 e. The second-order valence-electron chi connectivity index (χ2n) is 16.0. The summed E-state index contributed by atoms with van der Waals surface area (Å²) in [4.78, 5) is 13.2. The zero-order valence-corrected chi connectivity index (χ0v) is 39.1. The third-order valence-corrected chi connectivity index (χ3v) is 18.7. The molecule has 0 saturated carbocycles. The van der Waals surface area contributed by atoms with Gasteiger partial charge in [-0.1, -0.05) is 82.0 Å². The molecule has 10 nitrogen and oxygen atoms in total. The Labute approximate surface area is 326 Å². The van der Waals surface area contributed by atoms with Crippen molar-refractivity contribution in [1.82, 2.24) is 5.32 Å². The highest BCUT2D eigenvalue weighted by atomic mass is 79.9. The predicted molar refractivity (Wildman–Crippen MR) is 225 cm³/mol. The highest BCUT2D eigenvalue weighted by molar-refractivity contribution is 9.10. The average molecular weight is 862 g/mol. The molecule has 0 aromatic heterocycles. The molecule has 0 aliphatic heterocycles. The van der Waals surface area contributed by atoms with E-state index >= 15 is 0 Å². The van der Waals surface area contributed by atoms with Crippen molar-refractivity contribution < 1.29 is 36.6 Å². The van der Waals surface area contributed by atoms with Gasteiger partial charge in [-0.25, -0.2) is 12.7 Å². The summed E-state index contributed by atoms with van der Waals surface area (Å²) in [6.07, 6.45) is 0.629. The summed E-state index contributed by atoms with van der Waals surface area (Å²) in [6, 6.07) is 13.9. The topological polar surface area (TPSA) is 113 Å². The number of nitrogens with zero attached hydrogens (tertiary/aromatic N) is 1. The minimum absolute atomic E-state index is 0.0181. The molecule has 1 N–H and O–H groups in total. The van der Waals surface area contributed by atoms with Gasteiger partial charge in [-0.3, -0.25) is 4.79 Å². The Morgan fingerprint density at radius 3 is 1.94 bits per heavy atom. The first-order valence-corrected chi connectivity index (χ1v) is 31.0. The standard InChI is InChI=1S/C37H65BrN2O8SSi3/c1-13-52(14-2,15-3)48-35(25-39-36(41)26-46-37-29(4)22-32(38)23-30(37)5)31-16-17-34(47-28-45-19-21-51(10,11)12)33(24-31)40(49(6,42)43)27-44-18-20-50(7,8)9/h16-17,22-24,35H,13-15,18-21,25-28H2,1-12H3,(H,39,41)/t35-/m1/s1. The Hall–Kier alpha value is -1.73. The molecular formula is C37H65BrN2O8SSi3. The van der Waals surface area contributed by atoms with Crippen LogP contribution < -0.4 is 19.1 Å². The Bertz CT molecular complexity index is 1520. The number of rotatable bonds is 24. The molecule has 2 aromatic carbocycles. The molecule has 52 heavy (non-hydrogen) atoms. The molecule has 0 heterocycles. The first kappa shape index (κ1) is 46.4. The van der Waals surface area contributed by atoms with E-state index in [1.54, 1.807) is 12.1 Å². The van der Waals surface area contributed by atoms with Crippen LogP contribution in [-0.2, 0) is 28.7 Å². The Kier molecular flexibility index (Phi) is 18.6. The van der Waals surface area contributed by atoms with E-state index in [2.05, 4.69) is 81.3 Å². The fourth-order valence-corrected chi connectivity index (χ4v) is 11.3. The first-order valence-electron chi connectivity index (χ1n) is 18.4. The molecule has 0 unspecified atom stereocenters. The molecular weight excluding hydrogens is 797 g/mol. The molecule has 15 heteroatoms. The second kappa shape index (κ2) is 20.8. The molecule has 0 fully saturated rings. The average Bonchev–Trinajstić information content (AvgIpc) is 3.03. The van der Waals surface area contributed by atoms with E-state index in [4.69, 9.17) is 23.4 Å². The third kappa shape index (κ3) is 15.9. The summed E-state index contributed by atoms with van der Waals surface area (Å²) in [5, 5.41) is 3.03. The summed E-state index contributed by atoms with van der Waals surface area (Å²) >= 11 is 3.51. The highest BCUT2D eigenvalue weighted by Gasteiger charge is 2.34. The van der Waals surface area contributed by atoms with Crippen LogP contribution in [0.25, 0.3) is 0 Å². The molecule has 2 aromatic rings. The molecule has 1 amide bonds. The van der Waals surface area contributed by atoms with Gasteiger partial charge in [-0.05, 0) is 85.0 Å². The number of nitrogens with one attached hydrogen (secondary N) is 1. The van der Waals surface area contributed by atoms with Crippen LogP contribution in [0, 0.1) is 13.8 Å². The molecule has 0 saturated heterocycles. The summed E-state index contributed by atoms with van der Waals surface area (Å²) < 4.78 is 59.8. The minimum atomic E-state index is -3.79. The maximum atomic E-state index is 13.4. The Morgan fingerprint density at radius 1 is 0.865 bits per heavy atom. The summed E-state index contributed by atoms with van der Waals surface area (Å²) in [7, 11) is -8.69. The lowest BCUT2D eigenvalue weighted by molar-refractivity contribution is -0.123. The number of hydrogen-bond donors (Lipinski definition) is 1. The quantitative estimate of drug-likeness (QED) is 0.0633. The number of sulfonamides is 1. The number of aryl methyl sites for hydroxylation is 2. The normalized spacial score (nSPS) is 13.2. The van der Waals surface area contributed by atoms with Crippen LogP contribution in [0.1, 0.15) is 43.6 Å². The number of halogens is 1. The van der Waals surface area contributed by atoms with Crippen LogP contribution in [0.5, 0.6) is 11.5 Å². The van der Waals surface area contributed by atoms with Crippen molar-refractivity contribution in [2.24, 2.45) is 0 Å². The summed E-state index contributed by atoms with van der Waals surface area (Å²) in [5.74, 6) is 0.756. The van der Waals surface area contributed by atoms with E-state index < -0.39 is 40.6 Å². The monoisotopic (exact) mass is 860 g/mol. The van der Waals surface area contributed by atoms with Crippen LogP contribution >= 0.6 is 15.9 Å². The molecule has 0 radical (unpaired) electrons. The maximum absolute atomic E-state index is 13.4. The molecule has 1 atom stereocenters. The molecule has 0 bridgehead atoms. The van der Waals surface area contributed by atoms with Crippen molar-refractivity contribution in [3.05, 3.63) is 51.5 Å². The number of amides is 1. The van der Waals surface area contributed by atoms with Gasteiger partial charge in [-0.15, -0.1) is 0 Å². The molecule has 0 aliphatic carbocycles. The maximum Gasteiger partial charge on any atom is 0.258 e. The van der Waals surface area contributed by atoms with Crippen LogP contribution in [0.2, 0.25) is 69.5 Å². The van der Waals surface area contributed by atoms with E-state index in [9.17, 15) is 13.2 Å². The van der Waals surface area contributed by atoms with Gasteiger partial charge in [0.15, 0.2) is 21.7 Å². The summed E-state index contributed by atoms with van der Waals surface area (Å²) in [6.45, 7) is 24.8. The number of benzene rings is 2. The lowest BCUT2D eigenvalue weighted by Crippen LogP contribution is -2.41. The number of hydrogen-bond acceptors (Lipinski definition) is 8. The van der Waals surface area contributed by atoms with E-state index in [-0.39, 0.29) is 32.6 Å². The van der Waals surface area contributed by atoms with Crippen molar-refractivity contribution in [1.29, 1.82) is 0 Å². The molecule has 0 aliphatic rings. The minimum Gasteiger partial charge on any atom is -0.483 e. The van der Waals surface area contributed by atoms with Gasteiger partial charge in [0.2, 0.25) is 10.0 Å². The van der Waals surface area contributed by atoms with Gasteiger partial charge < -0.3 is 28.7 Å². The van der Waals surface area contributed by atoms with Gasteiger partial charge in [0.1, 0.15) is 18.2 Å². The van der Waals surface area contributed by atoms with Gasteiger partial charge in [0, 0.05) is 40.4 Å². The van der Waals surface area contributed by atoms with Gasteiger partial charge in [0.05, 0.1) is 18.0 Å². The fraction of sp³-hybridized carbons (Fsp3) is 0.649. The first-order chi connectivity index (χ1) is 24.1. The number of anilines is 1. The zero-order valence-electron chi connectivity index (χ0n) is 33.7. The van der Waals surface area contributed by atoms with Crippen molar-refractivity contribution in [3.8, 4) is 11.5 Å². The number of ether oxygens (including phenoxy) is 4. The van der Waals surface area contributed by atoms with E-state index in [1.165, 1.54) is 10.6 Å². The SMILES string of the molecule is CC[Si](CC)(CC)O[C@H](CNC(=O)COc1c(C)cc(Br)cc1C)c1ccc(OCOCC[Si](C)(C)C)c(N(COCC[Si](C)(C)C)S(C)(=O)=O)c1. The van der Waals surface area contributed by atoms with Crippen LogP contribution in [0.3, 0.4) is 0 Å². The van der Waals surface area contributed by atoms with Crippen molar-refractivity contribution in [2.75, 3.05) is 50.5 Å². The molecule has 296 valence electrons. The lowest BCUT2D eigenvalue weighted by atomic mass is 10.1. The third-order valence-electron chi connectivity index (χ3n) is 9.11. The van der Waals surface area contributed by atoms with Crippen LogP contribution in [-0.4, -0.2) is 84.9 Å². The fourth-order valence-electron chi connectivity index (χ4n) is 5.51. The van der Waals surface area contributed by atoms with E-state index in [0.29, 0.717) is 30.4 Å². The van der Waals surface area contributed by atoms with Gasteiger partial charge in [-0.2, -0.15) is 0 Å². The zero-order chi connectivity index (χ0) is 39.3. The van der Waals surface area contributed by atoms with Crippen molar-refractivity contribution >= 4 is 62.0 Å². The van der Waals surface area contributed by atoms with E-state index in [0.717, 1.165) is 51.4 Å². The van der Waals surface area contributed by atoms with Crippen molar-refractivity contribution in [3.63, 3.8) is 0 Å². The Balaban J connectivity index is 2.48. The van der Waals surface area contributed by atoms with Gasteiger partial charge >= 0.3 is 0 Å². The van der Waals surface area contributed by atoms with E-state index in [1.807, 2.05) is 32.0 Å². The number of carbonyl (C=O) groups excluding carboxylic acids is 1. The summed E-state index contributed by atoms with van der Waals surface area (Å²) in [5.41, 5.74) is 2.93. The van der Waals surface area contributed by atoms with Gasteiger partial charge in [0.25, 0.3) is 5.91 Å². The van der Waals surface area contributed by atoms with Crippen molar-refractivity contribution in [2.45, 2.75) is 110 Å². The number of carbonyl (C=O) groups is 1. The van der Waals surface area contributed by atoms with Crippen LogP contribution in [0.4, 0.5) is 5.69 Å². The lowest BCUT2D eigenvalue weighted by Gasteiger charge is -2.34. The highest BCUT2D eigenvalue weighted by Crippen LogP contribution is 2.37. The second-order valence-corrected chi connectivity index (χ2v) is 34.8. The largest absolute Gasteiger partial charge is 0.483 e. The Morgan fingerprint density at radius 2 is 1.42 bits per heavy atom. The molecule has 0 spiro atoms. The van der Waals surface area contributed by atoms with Crippen LogP contribution in [0.15, 0.2) is 34.8 Å². The predicted octanol–water partition coefficient (Wildman–Crippen LogP) is 9.09. The molecule has 2 rings (SSSR count).